The summed E-state index contributed by atoms with van der Waals surface area (Å²) in [6, 6.07) is 6.20. The smallest absolute Gasteiger partial charge is 0.0724 e. The molecule has 0 N–H and O–H groups in total. The Morgan fingerprint density at radius 1 is 1.55 bits per heavy atom. The van der Waals surface area contributed by atoms with Crippen LogP contribution in [0, 0.1) is 3.57 Å². The van der Waals surface area contributed by atoms with Crippen molar-refractivity contribution in [1.29, 1.82) is 0 Å². The van der Waals surface area contributed by atoms with Crippen LogP contribution in [0.25, 0.3) is 0 Å². The van der Waals surface area contributed by atoms with Gasteiger partial charge >= 0.3 is 0 Å². The van der Waals surface area contributed by atoms with Gasteiger partial charge in [0.05, 0.1) is 6.61 Å². The lowest BCUT2D eigenvalue weighted by molar-refractivity contribution is 0.184. The standard InChI is InChI=1S/C8H8BrIO/c1-11-5-6-4-7(10)2-3-8(6)9/h2-4H,5H2,1H3. The predicted octanol–water partition coefficient (Wildman–Crippen LogP) is 3.20. The summed E-state index contributed by atoms with van der Waals surface area (Å²) in [5, 5.41) is 0. The number of halogens is 2. The highest BCUT2D eigenvalue weighted by Gasteiger charge is 1.98. The molecule has 0 saturated heterocycles. The molecule has 0 spiro atoms. The minimum Gasteiger partial charge on any atom is -0.380 e. The fourth-order valence-electron chi connectivity index (χ4n) is 0.809. The molecule has 0 saturated carbocycles. The average Bonchev–Trinajstić information content (AvgIpc) is 1.98. The molecule has 1 aromatic carbocycles. The van der Waals surface area contributed by atoms with Crippen molar-refractivity contribution in [1.82, 2.24) is 0 Å². The van der Waals surface area contributed by atoms with E-state index in [1.807, 2.05) is 6.07 Å². The molecule has 0 aliphatic heterocycles. The Balaban J connectivity index is 2.93. The molecule has 1 rings (SSSR count). The summed E-state index contributed by atoms with van der Waals surface area (Å²) in [4.78, 5) is 0. The van der Waals surface area contributed by atoms with E-state index >= 15 is 0 Å². The molecule has 0 amide bonds. The summed E-state index contributed by atoms with van der Waals surface area (Å²) in [6.45, 7) is 0.664. The maximum atomic E-state index is 5.03. The van der Waals surface area contributed by atoms with Gasteiger partial charge in [-0.1, -0.05) is 15.9 Å². The lowest BCUT2D eigenvalue weighted by Gasteiger charge is -2.02. The Labute approximate surface area is 88.4 Å². The second-order valence-electron chi connectivity index (χ2n) is 2.17. The first kappa shape index (κ1) is 9.48. The number of ether oxygens (including phenoxy) is 1. The van der Waals surface area contributed by atoms with E-state index in [2.05, 4.69) is 50.7 Å². The molecule has 0 fully saturated rings. The topological polar surface area (TPSA) is 9.23 Å². The second kappa shape index (κ2) is 4.42. The highest BCUT2D eigenvalue weighted by atomic mass is 127. The lowest BCUT2D eigenvalue weighted by Crippen LogP contribution is -1.89. The van der Waals surface area contributed by atoms with E-state index in [1.165, 1.54) is 9.13 Å². The third-order valence-corrected chi connectivity index (χ3v) is 2.75. The summed E-state index contributed by atoms with van der Waals surface area (Å²) < 4.78 is 7.38. The maximum Gasteiger partial charge on any atom is 0.0724 e. The molecular weight excluding hydrogens is 319 g/mol. The first-order chi connectivity index (χ1) is 5.24. The zero-order valence-corrected chi connectivity index (χ0v) is 9.85. The summed E-state index contributed by atoms with van der Waals surface area (Å²) in [6.07, 6.45) is 0. The molecular formula is C8H8BrIO. The third kappa shape index (κ3) is 2.72. The van der Waals surface area contributed by atoms with Gasteiger partial charge in [0.15, 0.2) is 0 Å². The Hall–Kier alpha value is 0.390. The van der Waals surface area contributed by atoms with Crippen LogP contribution in [0.2, 0.25) is 0 Å². The molecule has 0 aromatic heterocycles. The van der Waals surface area contributed by atoms with E-state index < -0.39 is 0 Å². The van der Waals surface area contributed by atoms with Gasteiger partial charge in [-0.15, -0.1) is 0 Å². The molecule has 60 valence electrons. The lowest BCUT2D eigenvalue weighted by atomic mass is 10.2. The quantitative estimate of drug-likeness (QED) is 0.758. The van der Waals surface area contributed by atoms with Crippen LogP contribution in [-0.4, -0.2) is 7.11 Å². The van der Waals surface area contributed by atoms with Crippen molar-refractivity contribution in [3.63, 3.8) is 0 Å². The van der Waals surface area contributed by atoms with Crippen LogP contribution in [0.3, 0.4) is 0 Å². The maximum absolute atomic E-state index is 5.03. The van der Waals surface area contributed by atoms with E-state index in [9.17, 15) is 0 Å². The first-order valence-corrected chi connectivity index (χ1v) is 5.04. The van der Waals surface area contributed by atoms with Crippen LogP contribution < -0.4 is 0 Å². The van der Waals surface area contributed by atoms with Crippen LogP contribution in [0.15, 0.2) is 22.7 Å². The van der Waals surface area contributed by atoms with Crippen LogP contribution >= 0.6 is 38.5 Å². The minimum absolute atomic E-state index is 0.664. The zero-order valence-electron chi connectivity index (χ0n) is 6.10. The van der Waals surface area contributed by atoms with E-state index in [0.717, 1.165) is 4.47 Å². The number of hydrogen-bond acceptors (Lipinski definition) is 1. The minimum atomic E-state index is 0.664. The van der Waals surface area contributed by atoms with Gasteiger partial charge in [0.1, 0.15) is 0 Å². The zero-order chi connectivity index (χ0) is 8.27. The molecule has 0 aliphatic carbocycles. The van der Waals surface area contributed by atoms with Crippen molar-refractivity contribution in [2.24, 2.45) is 0 Å². The Morgan fingerprint density at radius 3 is 2.91 bits per heavy atom. The molecule has 0 bridgehead atoms. The summed E-state index contributed by atoms with van der Waals surface area (Å²) in [5.41, 5.74) is 1.19. The number of methoxy groups -OCH3 is 1. The van der Waals surface area contributed by atoms with Crippen LogP contribution in [0.4, 0.5) is 0 Å². The van der Waals surface area contributed by atoms with Crippen molar-refractivity contribution < 1.29 is 4.74 Å². The van der Waals surface area contributed by atoms with Crippen molar-refractivity contribution in [2.45, 2.75) is 6.61 Å². The largest absolute Gasteiger partial charge is 0.380 e. The molecule has 0 unspecified atom stereocenters. The van der Waals surface area contributed by atoms with Gasteiger partial charge in [0, 0.05) is 15.2 Å². The summed E-state index contributed by atoms with van der Waals surface area (Å²) in [7, 11) is 1.70. The molecule has 0 atom stereocenters. The average molecular weight is 327 g/mol. The third-order valence-electron chi connectivity index (χ3n) is 1.31. The van der Waals surface area contributed by atoms with Gasteiger partial charge in [-0.05, 0) is 46.4 Å². The van der Waals surface area contributed by atoms with Gasteiger partial charge in [-0.3, -0.25) is 0 Å². The van der Waals surface area contributed by atoms with Gasteiger partial charge in [-0.25, -0.2) is 0 Å². The van der Waals surface area contributed by atoms with Gasteiger partial charge in [-0.2, -0.15) is 0 Å². The van der Waals surface area contributed by atoms with Gasteiger partial charge in [0.2, 0.25) is 0 Å². The van der Waals surface area contributed by atoms with E-state index in [4.69, 9.17) is 4.74 Å². The van der Waals surface area contributed by atoms with Gasteiger partial charge in [0.25, 0.3) is 0 Å². The van der Waals surface area contributed by atoms with Crippen LogP contribution in [0.5, 0.6) is 0 Å². The summed E-state index contributed by atoms with van der Waals surface area (Å²) >= 11 is 5.73. The van der Waals surface area contributed by atoms with E-state index in [0.29, 0.717) is 6.61 Å². The number of benzene rings is 1. The monoisotopic (exact) mass is 326 g/mol. The van der Waals surface area contributed by atoms with Crippen molar-refractivity contribution in [3.05, 3.63) is 31.8 Å². The second-order valence-corrected chi connectivity index (χ2v) is 4.27. The first-order valence-electron chi connectivity index (χ1n) is 3.17. The van der Waals surface area contributed by atoms with Crippen LogP contribution in [-0.2, 0) is 11.3 Å². The fraction of sp³-hybridized carbons (Fsp3) is 0.250. The van der Waals surface area contributed by atoms with Crippen LogP contribution in [0.1, 0.15) is 5.56 Å². The Kier molecular flexibility index (Phi) is 3.81. The van der Waals surface area contributed by atoms with Crippen molar-refractivity contribution in [2.75, 3.05) is 7.11 Å². The molecule has 11 heavy (non-hydrogen) atoms. The molecule has 0 radical (unpaired) electrons. The summed E-state index contributed by atoms with van der Waals surface area (Å²) in [5.74, 6) is 0. The SMILES string of the molecule is COCc1cc(I)ccc1Br. The van der Waals surface area contributed by atoms with Crippen molar-refractivity contribution in [3.8, 4) is 0 Å². The molecule has 3 heteroatoms. The van der Waals surface area contributed by atoms with E-state index in [1.54, 1.807) is 7.11 Å². The molecule has 0 heterocycles. The Morgan fingerprint density at radius 2 is 2.27 bits per heavy atom. The van der Waals surface area contributed by atoms with Crippen molar-refractivity contribution >= 4 is 38.5 Å². The van der Waals surface area contributed by atoms with Gasteiger partial charge < -0.3 is 4.74 Å². The fourth-order valence-corrected chi connectivity index (χ4v) is 1.73. The molecule has 1 nitrogen and oxygen atoms in total. The molecule has 0 aliphatic rings. The van der Waals surface area contributed by atoms with E-state index in [-0.39, 0.29) is 0 Å². The number of rotatable bonds is 2. The highest BCUT2D eigenvalue weighted by molar-refractivity contribution is 14.1. The predicted molar refractivity (Wildman–Crippen MR) is 57.6 cm³/mol. The number of hydrogen-bond donors (Lipinski definition) is 0. The normalized spacial score (nSPS) is 10.1. The molecule has 1 aromatic rings. The Bertz CT molecular complexity index is 250. The highest BCUT2D eigenvalue weighted by Crippen LogP contribution is 2.19.